The number of nitrogens with zero attached hydrogens (tertiary/aromatic N) is 1. The van der Waals surface area contributed by atoms with Gasteiger partial charge in [-0.3, -0.25) is 4.79 Å². The molecule has 24 heavy (non-hydrogen) atoms. The average Bonchev–Trinajstić information content (AvgIpc) is 2.62. The number of hydrogen-bond donors (Lipinski definition) is 0. The summed E-state index contributed by atoms with van der Waals surface area (Å²) >= 11 is 0. The van der Waals surface area contributed by atoms with Crippen LogP contribution >= 0.6 is 0 Å². The van der Waals surface area contributed by atoms with Crippen LogP contribution in [0.2, 0.25) is 0 Å². The molecule has 0 aromatic heterocycles. The third-order valence-electron chi connectivity index (χ3n) is 4.71. The molecule has 128 valence electrons. The molecule has 0 saturated heterocycles. The minimum absolute atomic E-state index is 0.00340. The van der Waals surface area contributed by atoms with E-state index in [1.807, 2.05) is 30.3 Å². The second kappa shape index (κ2) is 7.62. The summed E-state index contributed by atoms with van der Waals surface area (Å²) in [4.78, 5) is 30.1. The number of carbonyl (C=O) groups excluding carboxylic acids is 2. The number of hydroxylamine groups is 2. The number of hydrogen-bond acceptors (Lipinski definition) is 5. The molecule has 1 aliphatic heterocycles. The fourth-order valence-electron chi connectivity index (χ4n) is 3.51. The van der Waals surface area contributed by atoms with Crippen molar-refractivity contribution in [2.75, 3.05) is 7.11 Å². The van der Waals surface area contributed by atoms with Gasteiger partial charge in [-0.2, -0.15) is 0 Å². The molecule has 1 fully saturated rings. The standard InChI is InChI=1S/C19H23NO4/c1-23-19(22)17-12-11-15-9-5-6-10-16(15)20(17)24-18(21)13-14-7-3-2-4-8-14/h2-4,7-8,11,16-17H,5-6,9-10,12-13H2,1H3/t16-,17+/m0/s1. The summed E-state index contributed by atoms with van der Waals surface area (Å²) in [5.74, 6) is -0.703. The smallest absolute Gasteiger partial charge is 0.329 e. The van der Waals surface area contributed by atoms with Gasteiger partial charge in [0.1, 0.15) is 6.04 Å². The van der Waals surface area contributed by atoms with E-state index in [1.54, 1.807) is 5.06 Å². The van der Waals surface area contributed by atoms with Crippen molar-refractivity contribution in [2.45, 2.75) is 50.6 Å². The molecule has 1 aromatic carbocycles. The summed E-state index contributed by atoms with van der Waals surface area (Å²) in [6, 6.07) is 8.91. The van der Waals surface area contributed by atoms with Crippen molar-refractivity contribution < 1.29 is 19.2 Å². The van der Waals surface area contributed by atoms with Gasteiger partial charge in [-0.15, -0.1) is 5.06 Å². The molecule has 1 heterocycles. The number of fused-ring (bicyclic) bond motifs is 1. The number of esters is 1. The summed E-state index contributed by atoms with van der Waals surface area (Å²) in [6.07, 6.45) is 6.96. The van der Waals surface area contributed by atoms with Crippen molar-refractivity contribution in [2.24, 2.45) is 0 Å². The van der Waals surface area contributed by atoms with Gasteiger partial charge in [0.2, 0.25) is 0 Å². The highest BCUT2D eigenvalue weighted by Crippen LogP contribution is 2.34. The summed E-state index contributed by atoms with van der Waals surface area (Å²) in [5, 5.41) is 1.59. The van der Waals surface area contributed by atoms with Gasteiger partial charge in [0.15, 0.2) is 0 Å². The molecule has 2 atom stereocenters. The van der Waals surface area contributed by atoms with Crippen LogP contribution in [0.4, 0.5) is 0 Å². The van der Waals surface area contributed by atoms with E-state index in [2.05, 4.69) is 6.08 Å². The Morgan fingerprint density at radius 2 is 2.00 bits per heavy atom. The van der Waals surface area contributed by atoms with Crippen LogP contribution in [0.3, 0.4) is 0 Å². The summed E-state index contributed by atoms with van der Waals surface area (Å²) < 4.78 is 4.90. The van der Waals surface area contributed by atoms with Gasteiger partial charge < -0.3 is 9.57 Å². The lowest BCUT2D eigenvalue weighted by Gasteiger charge is -2.41. The zero-order valence-corrected chi connectivity index (χ0v) is 13.9. The van der Waals surface area contributed by atoms with Crippen LogP contribution in [-0.4, -0.2) is 36.2 Å². The molecule has 5 nitrogen and oxygen atoms in total. The third kappa shape index (κ3) is 3.67. The van der Waals surface area contributed by atoms with Crippen molar-refractivity contribution in [3.05, 3.63) is 47.5 Å². The molecular formula is C19H23NO4. The maximum atomic E-state index is 12.4. The summed E-state index contributed by atoms with van der Waals surface area (Å²) in [5.41, 5.74) is 2.17. The van der Waals surface area contributed by atoms with Crippen molar-refractivity contribution >= 4 is 11.9 Å². The fourth-order valence-corrected chi connectivity index (χ4v) is 3.51. The first-order valence-electron chi connectivity index (χ1n) is 8.49. The van der Waals surface area contributed by atoms with Crippen molar-refractivity contribution in [3.8, 4) is 0 Å². The lowest BCUT2D eigenvalue weighted by molar-refractivity contribution is -0.219. The first-order chi connectivity index (χ1) is 11.7. The maximum absolute atomic E-state index is 12.4. The predicted molar refractivity (Wildman–Crippen MR) is 88.8 cm³/mol. The Morgan fingerprint density at radius 1 is 1.21 bits per heavy atom. The van der Waals surface area contributed by atoms with Crippen LogP contribution in [0.25, 0.3) is 0 Å². The first kappa shape index (κ1) is 16.7. The van der Waals surface area contributed by atoms with Crippen LogP contribution in [0.1, 0.15) is 37.7 Å². The van der Waals surface area contributed by atoms with Crippen LogP contribution in [0.15, 0.2) is 42.0 Å². The molecule has 0 radical (unpaired) electrons. The predicted octanol–water partition coefficient (Wildman–Crippen LogP) is 2.80. The van der Waals surface area contributed by atoms with Gasteiger partial charge in [0, 0.05) is 0 Å². The van der Waals surface area contributed by atoms with Gasteiger partial charge in [0.25, 0.3) is 0 Å². The highest BCUT2D eigenvalue weighted by Gasteiger charge is 2.40. The normalized spacial score (nSPS) is 23.8. The SMILES string of the molecule is COC(=O)[C@H]1CC=C2CCCC[C@@H]2N1OC(=O)Cc1ccccc1. The van der Waals surface area contributed by atoms with Gasteiger partial charge in [-0.25, -0.2) is 4.79 Å². The molecule has 0 N–H and O–H groups in total. The van der Waals surface area contributed by atoms with E-state index >= 15 is 0 Å². The monoisotopic (exact) mass is 329 g/mol. The molecule has 0 bridgehead atoms. The second-order valence-corrected chi connectivity index (χ2v) is 6.30. The van der Waals surface area contributed by atoms with Crippen LogP contribution in [0, 0.1) is 0 Å². The largest absolute Gasteiger partial charge is 0.468 e. The Morgan fingerprint density at radius 3 is 2.75 bits per heavy atom. The Kier molecular flexibility index (Phi) is 5.30. The quantitative estimate of drug-likeness (QED) is 0.628. The van der Waals surface area contributed by atoms with Crippen molar-refractivity contribution in [1.82, 2.24) is 5.06 Å². The topological polar surface area (TPSA) is 55.8 Å². The Hall–Kier alpha value is -2.14. The number of carbonyl (C=O) groups is 2. The maximum Gasteiger partial charge on any atom is 0.329 e. The Labute approximate surface area is 142 Å². The number of benzene rings is 1. The van der Waals surface area contributed by atoms with E-state index in [-0.39, 0.29) is 24.4 Å². The van der Waals surface area contributed by atoms with E-state index < -0.39 is 6.04 Å². The molecule has 5 heteroatoms. The van der Waals surface area contributed by atoms with E-state index in [9.17, 15) is 9.59 Å². The van der Waals surface area contributed by atoms with E-state index in [0.29, 0.717) is 6.42 Å². The average molecular weight is 329 g/mol. The van der Waals surface area contributed by atoms with E-state index in [0.717, 1.165) is 31.2 Å². The highest BCUT2D eigenvalue weighted by molar-refractivity contribution is 5.77. The van der Waals surface area contributed by atoms with Crippen LogP contribution in [0.5, 0.6) is 0 Å². The van der Waals surface area contributed by atoms with Gasteiger partial charge in [0.05, 0.1) is 19.6 Å². The molecule has 1 aromatic rings. The van der Waals surface area contributed by atoms with Gasteiger partial charge in [-0.1, -0.05) is 48.4 Å². The number of ether oxygens (including phenoxy) is 1. The molecule has 0 amide bonds. The number of methoxy groups -OCH3 is 1. The van der Waals surface area contributed by atoms with Gasteiger partial charge in [-0.05, 0) is 31.2 Å². The third-order valence-corrected chi connectivity index (χ3v) is 4.71. The molecular weight excluding hydrogens is 306 g/mol. The Bertz CT molecular complexity index is 626. The summed E-state index contributed by atoms with van der Waals surface area (Å²) in [6.45, 7) is 0. The molecule has 1 saturated carbocycles. The zero-order chi connectivity index (χ0) is 16.9. The molecule has 3 rings (SSSR count). The highest BCUT2D eigenvalue weighted by atomic mass is 16.7. The number of rotatable bonds is 4. The van der Waals surface area contributed by atoms with Crippen molar-refractivity contribution in [3.63, 3.8) is 0 Å². The second-order valence-electron chi connectivity index (χ2n) is 6.30. The van der Waals surface area contributed by atoms with Crippen LogP contribution < -0.4 is 0 Å². The molecule has 1 aliphatic carbocycles. The van der Waals surface area contributed by atoms with Crippen molar-refractivity contribution in [1.29, 1.82) is 0 Å². The minimum Gasteiger partial charge on any atom is -0.468 e. The van der Waals surface area contributed by atoms with E-state index in [4.69, 9.17) is 9.57 Å². The van der Waals surface area contributed by atoms with Gasteiger partial charge >= 0.3 is 11.9 Å². The summed E-state index contributed by atoms with van der Waals surface area (Å²) in [7, 11) is 1.37. The lowest BCUT2D eigenvalue weighted by Crippen LogP contribution is -2.52. The fraction of sp³-hybridized carbons (Fsp3) is 0.474. The minimum atomic E-state index is -0.554. The zero-order valence-electron chi connectivity index (χ0n) is 13.9. The van der Waals surface area contributed by atoms with Crippen LogP contribution in [-0.2, 0) is 25.6 Å². The lowest BCUT2D eigenvalue weighted by atomic mass is 9.85. The molecule has 2 aliphatic rings. The van der Waals surface area contributed by atoms with E-state index in [1.165, 1.54) is 12.7 Å². The molecule has 0 spiro atoms. The first-order valence-corrected chi connectivity index (χ1v) is 8.49. The molecule has 0 unspecified atom stereocenters. The Balaban J connectivity index is 1.74.